The van der Waals surface area contributed by atoms with Crippen molar-refractivity contribution in [2.24, 2.45) is 5.92 Å². The van der Waals surface area contributed by atoms with Gasteiger partial charge in [0.25, 0.3) is 5.91 Å². The monoisotopic (exact) mass is 304 g/mol. The second-order valence-corrected chi connectivity index (χ2v) is 5.31. The SMILES string of the molecule is C#C.CCN1C(C)CC[C@H](C)[C@@H]1C(=O)NO.c1ccccc1. The van der Waals surface area contributed by atoms with E-state index in [1.807, 2.05) is 43.3 Å². The molecule has 1 aliphatic heterocycles. The summed E-state index contributed by atoms with van der Waals surface area (Å²) in [5, 5.41) is 8.68. The maximum Gasteiger partial charge on any atom is 0.260 e. The molecule has 122 valence electrons. The van der Waals surface area contributed by atoms with E-state index in [4.69, 9.17) is 5.21 Å². The van der Waals surface area contributed by atoms with E-state index >= 15 is 0 Å². The average Bonchev–Trinajstić information content (AvgIpc) is 2.59. The second-order valence-electron chi connectivity index (χ2n) is 5.31. The van der Waals surface area contributed by atoms with Gasteiger partial charge in [0.05, 0.1) is 6.04 Å². The lowest BCUT2D eigenvalue weighted by Gasteiger charge is -2.42. The van der Waals surface area contributed by atoms with Crippen LogP contribution in [0.1, 0.15) is 33.6 Å². The number of hydrogen-bond acceptors (Lipinski definition) is 3. The molecule has 0 aromatic heterocycles. The van der Waals surface area contributed by atoms with Crippen LogP contribution < -0.4 is 5.48 Å². The first-order valence-corrected chi connectivity index (χ1v) is 7.64. The Hall–Kier alpha value is -1.83. The summed E-state index contributed by atoms with van der Waals surface area (Å²) < 4.78 is 0. The number of hydrogen-bond donors (Lipinski definition) is 2. The number of nitrogens with one attached hydrogen (secondary N) is 1. The third kappa shape index (κ3) is 6.30. The van der Waals surface area contributed by atoms with Gasteiger partial charge in [-0.15, -0.1) is 12.8 Å². The Bertz CT molecular complexity index is 393. The summed E-state index contributed by atoms with van der Waals surface area (Å²) in [5.74, 6) is 0.0456. The van der Waals surface area contributed by atoms with Gasteiger partial charge in [0.15, 0.2) is 0 Å². The molecule has 0 saturated carbocycles. The van der Waals surface area contributed by atoms with Gasteiger partial charge in [-0.2, -0.15) is 0 Å². The van der Waals surface area contributed by atoms with Gasteiger partial charge in [-0.1, -0.05) is 50.2 Å². The molecule has 2 rings (SSSR count). The molecule has 1 saturated heterocycles. The molecule has 0 spiro atoms. The largest absolute Gasteiger partial charge is 0.289 e. The average molecular weight is 304 g/mol. The summed E-state index contributed by atoms with van der Waals surface area (Å²) in [5.41, 5.74) is 1.77. The number of benzene rings is 1. The van der Waals surface area contributed by atoms with Gasteiger partial charge >= 0.3 is 0 Å². The van der Waals surface area contributed by atoms with Crippen molar-refractivity contribution in [3.05, 3.63) is 36.4 Å². The second kappa shape index (κ2) is 11.8. The highest BCUT2D eigenvalue weighted by Crippen LogP contribution is 2.27. The molecular weight excluding hydrogens is 276 g/mol. The summed E-state index contributed by atoms with van der Waals surface area (Å²) in [6.07, 6.45) is 10.2. The summed E-state index contributed by atoms with van der Waals surface area (Å²) in [6.45, 7) is 7.09. The molecule has 1 aliphatic rings. The van der Waals surface area contributed by atoms with Gasteiger partial charge in [-0.25, -0.2) is 5.48 Å². The van der Waals surface area contributed by atoms with Crippen molar-refractivity contribution in [3.63, 3.8) is 0 Å². The predicted molar refractivity (Wildman–Crippen MR) is 90.3 cm³/mol. The Morgan fingerprint density at radius 3 is 1.95 bits per heavy atom. The minimum absolute atomic E-state index is 0.172. The summed E-state index contributed by atoms with van der Waals surface area (Å²) >= 11 is 0. The zero-order valence-electron chi connectivity index (χ0n) is 13.8. The molecule has 1 amide bonds. The molecule has 1 unspecified atom stereocenters. The maximum atomic E-state index is 11.5. The lowest BCUT2D eigenvalue weighted by molar-refractivity contribution is -0.139. The number of likely N-dealkylation sites (N-methyl/N-ethyl adjacent to an activating group) is 1. The van der Waals surface area contributed by atoms with Crippen molar-refractivity contribution in [1.29, 1.82) is 0 Å². The van der Waals surface area contributed by atoms with Gasteiger partial charge < -0.3 is 0 Å². The minimum Gasteiger partial charge on any atom is -0.289 e. The third-order valence-electron chi connectivity index (χ3n) is 3.91. The van der Waals surface area contributed by atoms with Gasteiger partial charge in [0.2, 0.25) is 0 Å². The molecule has 0 radical (unpaired) electrons. The van der Waals surface area contributed by atoms with Crippen LogP contribution in [0.3, 0.4) is 0 Å². The number of carbonyl (C=O) groups excluding carboxylic acids is 1. The number of terminal acetylenes is 1. The van der Waals surface area contributed by atoms with Crippen LogP contribution in [0, 0.1) is 18.8 Å². The standard InChI is InChI=1S/C10H20N2O2.C6H6.C2H2/c1-4-12-8(3)6-5-7(2)9(12)10(13)11-14;1-2-4-6-5-3-1;1-2/h7-9,14H,4-6H2,1-3H3,(H,11,13);1-6H;1-2H/t7-,8?,9+;;/m0../s1. The molecular formula is C18H28N2O2. The van der Waals surface area contributed by atoms with Crippen molar-refractivity contribution in [2.45, 2.75) is 45.7 Å². The smallest absolute Gasteiger partial charge is 0.260 e. The number of nitrogens with zero attached hydrogens (tertiary/aromatic N) is 1. The van der Waals surface area contributed by atoms with Gasteiger partial charge in [0.1, 0.15) is 0 Å². The van der Waals surface area contributed by atoms with E-state index in [2.05, 4.69) is 31.6 Å². The fourth-order valence-corrected chi connectivity index (χ4v) is 2.80. The molecule has 1 aromatic carbocycles. The molecule has 0 aliphatic carbocycles. The van der Waals surface area contributed by atoms with Crippen LogP contribution in [-0.2, 0) is 4.79 Å². The first-order valence-electron chi connectivity index (χ1n) is 7.64. The molecule has 2 N–H and O–H groups in total. The topological polar surface area (TPSA) is 52.6 Å². The van der Waals surface area contributed by atoms with E-state index in [9.17, 15) is 4.79 Å². The first kappa shape index (κ1) is 20.2. The minimum atomic E-state index is -0.272. The van der Waals surface area contributed by atoms with Crippen LogP contribution in [0.2, 0.25) is 0 Å². The molecule has 4 heteroatoms. The van der Waals surface area contributed by atoms with Crippen LogP contribution in [0.4, 0.5) is 0 Å². The van der Waals surface area contributed by atoms with Gasteiger partial charge in [0, 0.05) is 6.04 Å². The Balaban J connectivity index is 0.000000457. The Kier molecular flexibility index (Phi) is 10.8. The van der Waals surface area contributed by atoms with E-state index in [0.29, 0.717) is 12.0 Å². The van der Waals surface area contributed by atoms with Crippen LogP contribution in [0.25, 0.3) is 0 Å². The zero-order chi connectivity index (χ0) is 17.0. The quantitative estimate of drug-likeness (QED) is 0.502. The number of likely N-dealkylation sites (tertiary alicyclic amines) is 1. The molecule has 0 bridgehead atoms. The molecule has 1 fully saturated rings. The highest BCUT2D eigenvalue weighted by Gasteiger charge is 2.36. The number of piperidine rings is 1. The van der Waals surface area contributed by atoms with Crippen LogP contribution in [0.5, 0.6) is 0 Å². The zero-order valence-corrected chi connectivity index (χ0v) is 13.8. The fourth-order valence-electron chi connectivity index (χ4n) is 2.80. The Morgan fingerprint density at radius 2 is 1.59 bits per heavy atom. The number of carbonyl (C=O) groups is 1. The van der Waals surface area contributed by atoms with Crippen molar-refractivity contribution >= 4 is 5.91 Å². The number of rotatable bonds is 2. The van der Waals surface area contributed by atoms with Gasteiger partial charge in [-0.05, 0) is 32.2 Å². The van der Waals surface area contributed by atoms with Crippen LogP contribution in [-0.4, -0.2) is 34.6 Å². The number of amides is 1. The fraction of sp³-hybridized carbons (Fsp3) is 0.500. The van der Waals surface area contributed by atoms with Crippen molar-refractivity contribution in [3.8, 4) is 12.8 Å². The molecule has 1 heterocycles. The lowest BCUT2D eigenvalue weighted by atomic mass is 9.87. The first-order chi connectivity index (χ1) is 10.6. The normalized spacial score (nSPS) is 24.0. The van der Waals surface area contributed by atoms with Crippen molar-refractivity contribution in [2.75, 3.05) is 6.54 Å². The van der Waals surface area contributed by atoms with Gasteiger partial charge in [-0.3, -0.25) is 14.9 Å². The van der Waals surface area contributed by atoms with E-state index in [0.717, 1.165) is 19.4 Å². The molecule has 4 nitrogen and oxygen atoms in total. The molecule has 1 aromatic rings. The summed E-state index contributed by atoms with van der Waals surface area (Å²) in [7, 11) is 0. The number of hydroxylamine groups is 1. The van der Waals surface area contributed by atoms with Crippen molar-refractivity contribution < 1.29 is 10.0 Å². The maximum absolute atomic E-state index is 11.5. The van der Waals surface area contributed by atoms with E-state index in [1.54, 1.807) is 5.48 Å². The Labute approximate surface area is 134 Å². The molecule has 22 heavy (non-hydrogen) atoms. The van der Waals surface area contributed by atoms with Crippen LogP contribution >= 0.6 is 0 Å². The highest BCUT2D eigenvalue weighted by atomic mass is 16.5. The van der Waals surface area contributed by atoms with E-state index in [1.165, 1.54) is 0 Å². The summed E-state index contributed by atoms with van der Waals surface area (Å²) in [4.78, 5) is 13.6. The highest BCUT2D eigenvalue weighted by molar-refractivity contribution is 5.81. The lowest BCUT2D eigenvalue weighted by Crippen LogP contribution is -2.55. The van der Waals surface area contributed by atoms with E-state index < -0.39 is 0 Å². The third-order valence-corrected chi connectivity index (χ3v) is 3.91. The van der Waals surface area contributed by atoms with E-state index in [-0.39, 0.29) is 11.9 Å². The molecule has 3 atom stereocenters. The predicted octanol–water partition coefficient (Wildman–Crippen LogP) is 2.94. The Morgan fingerprint density at radius 1 is 1.14 bits per heavy atom. The van der Waals surface area contributed by atoms with Crippen LogP contribution in [0.15, 0.2) is 36.4 Å². The summed E-state index contributed by atoms with van der Waals surface area (Å²) in [6, 6.07) is 12.3. The van der Waals surface area contributed by atoms with Crippen molar-refractivity contribution in [1.82, 2.24) is 10.4 Å².